The van der Waals surface area contributed by atoms with E-state index in [1.54, 1.807) is 6.92 Å². The summed E-state index contributed by atoms with van der Waals surface area (Å²) in [7, 11) is -2.38. The minimum atomic E-state index is -2.38. The molecule has 216 valence electrons. The number of carboxylic acids is 1. The number of nitrogens with zero attached hydrogens (tertiary/aromatic N) is 1. The number of rotatable bonds is 9. The van der Waals surface area contributed by atoms with E-state index in [2.05, 4.69) is 36.1 Å². The molecule has 0 amide bonds. The highest BCUT2D eigenvalue weighted by Gasteiger charge is 2.25. The van der Waals surface area contributed by atoms with Gasteiger partial charge in [0, 0.05) is 23.1 Å². The van der Waals surface area contributed by atoms with Crippen molar-refractivity contribution in [1.82, 2.24) is 4.98 Å². The maximum absolute atomic E-state index is 11.2. The summed E-state index contributed by atoms with van der Waals surface area (Å²) >= 11 is 0. The Morgan fingerprint density at radius 1 is 1.02 bits per heavy atom. The Morgan fingerprint density at radius 3 is 2.54 bits per heavy atom. The van der Waals surface area contributed by atoms with Gasteiger partial charge in [-0.1, -0.05) is 30.2 Å². The molecule has 0 saturated carbocycles. The number of carbonyl (C=O) groups is 1. The SMILES string of the molecule is CC#C[C@@H](CC(=O)O)c1ccc(OCc2ccc3c(c2)-c2ccc(OCC4CCS(O)(O)CC4)nc2CCC3)cc1. The van der Waals surface area contributed by atoms with Gasteiger partial charge in [0.05, 0.1) is 24.6 Å². The Kier molecular flexibility index (Phi) is 9.19. The van der Waals surface area contributed by atoms with Crippen LogP contribution in [0.15, 0.2) is 54.6 Å². The van der Waals surface area contributed by atoms with Gasteiger partial charge >= 0.3 is 5.97 Å². The van der Waals surface area contributed by atoms with Crippen LogP contribution in [0.25, 0.3) is 11.1 Å². The van der Waals surface area contributed by atoms with Crippen molar-refractivity contribution in [3.05, 3.63) is 77.0 Å². The average molecular weight is 576 g/mol. The Morgan fingerprint density at radius 2 is 1.80 bits per heavy atom. The fourth-order valence-corrected chi connectivity index (χ4v) is 7.14. The van der Waals surface area contributed by atoms with E-state index >= 15 is 0 Å². The zero-order valence-corrected chi connectivity index (χ0v) is 24.2. The van der Waals surface area contributed by atoms with E-state index in [4.69, 9.17) is 14.5 Å². The minimum absolute atomic E-state index is 0.0305. The van der Waals surface area contributed by atoms with E-state index in [-0.39, 0.29) is 12.3 Å². The van der Waals surface area contributed by atoms with E-state index in [9.17, 15) is 19.0 Å². The van der Waals surface area contributed by atoms with Gasteiger partial charge in [-0.25, -0.2) is 4.98 Å². The van der Waals surface area contributed by atoms with Crippen molar-refractivity contribution in [1.29, 1.82) is 0 Å². The van der Waals surface area contributed by atoms with Gasteiger partial charge in [-0.2, -0.15) is 10.6 Å². The first-order chi connectivity index (χ1) is 19.8. The van der Waals surface area contributed by atoms with E-state index in [0.717, 1.165) is 54.5 Å². The number of pyridine rings is 1. The molecule has 2 heterocycles. The number of benzene rings is 2. The number of hydrogen-bond acceptors (Lipinski definition) is 6. The Balaban J connectivity index is 1.24. The molecule has 0 spiro atoms. The third-order valence-electron chi connectivity index (χ3n) is 7.83. The number of aliphatic carboxylic acids is 1. The molecule has 0 unspecified atom stereocenters. The van der Waals surface area contributed by atoms with Crippen LogP contribution >= 0.6 is 10.6 Å². The lowest BCUT2D eigenvalue weighted by atomic mass is 9.96. The van der Waals surface area contributed by atoms with Crippen molar-refractivity contribution < 1.29 is 28.5 Å². The van der Waals surface area contributed by atoms with Gasteiger partial charge in [-0.15, -0.1) is 5.92 Å². The molecule has 7 nitrogen and oxygen atoms in total. The summed E-state index contributed by atoms with van der Waals surface area (Å²) in [6.07, 6.45) is 4.40. The third-order valence-corrected chi connectivity index (χ3v) is 9.61. The Hall–Kier alpha value is -3.51. The molecule has 3 N–H and O–H groups in total. The molecule has 8 heteroatoms. The van der Waals surface area contributed by atoms with Crippen LogP contribution in [0.3, 0.4) is 0 Å². The molecule has 41 heavy (non-hydrogen) atoms. The first-order valence-electron chi connectivity index (χ1n) is 14.1. The molecule has 1 fully saturated rings. The lowest BCUT2D eigenvalue weighted by molar-refractivity contribution is -0.137. The molecule has 2 aromatic carbocycles. The first kappa shape index (κ1) is 29.0. The van der Waals surface area contributed by atoms with Gasteiger partial charge in [0.2, 0.25) is 5.88 Å². The number of ether oxygens (including phenoxy) is 2. The smallest absolute Gasteiger partial charge is 0.304 e. The fraction of sp³-hybridized carbons (Fsp3) is 0.394. The van der Waals surface area contributed by atoms with Gasteiger partial charge in [0.25, 0.3) is 0 Å². The van der Waals surface area contributed by atoms with Crippen molar-refractivity contribution in [2.24, 2.45) is 5.92 Å². The van der Waals surface area contributed by atoms with Crippen LogP contribution < -0.4 is 9.47 Å². The number of fused-ring (bicyclic) bond motifs is 3. The zero-order chi connectivity index (χ0) is 28.8. The van der Waals surface area contributed by atoms with E-state index in [1.165, 1.54) is 11.1 Å². The Bertz CT molecular complexity index is 1430. The topological polar surface area (TPSA) is 109 Å². The lowest BCUT2D eigenvalue weighted by Crippen LogP contribution is -2.24. The number of aryl methyl sites for hydroxylation is 2. The van der Waals surface area contributed by atoms with Crippen LogP contribution in [0.5, 0.6) is 11.6 Å². The summed E-state index contributed by atoms with van der Waals surface area (Å²) in [5, 5.41) is 9.19. The molecule has 1 aliphatic carbocycles. The van der Waals surface area contributed by atoms with Crippen LogP contribution in [0.2, 0.25) is 0 Å². The quantitative estimate of drug-likeness (QED) is 0.237. The highest BCUT2D eigenvalue weighted by Crippen LogP contribution is 2.45. The van der Waals surface area contributed by atoms with Gasteiger partial charge in [0.1, 0.15) is 12.4 Å². The van der Waals surface area contributed by atoms with Crippen molar-refractivity contribution in [3.8, 4) is 34.6 Å². The summed E-state index contributed by atoms with van der Waals surface area (Å²) in [5.41, 5.74) is 6.58. The third kappa shape index (κ3) is 7.62. The second kappa shape index (κ2) is 13.0. The van der Waals surface area contributed by atoms with Gasteiger partial charge in [0.15, 0.2) is 0 Å². The van der Waals surface area contributed by atoms with Crippen molar-refractivity contribution >= 4 is 16.6 Å². The summed E-state index contributed by atoms with van der Waals surface area (Å²) in [6, 6.07) is 18.0. The highest BCUT2D eigenvalue weighted by atomic mass is 32.3. The molecule has 1 saturated heterocycles. The molecule has 2 aliphatic rings. The van der Waals surface area contributed by atoms with Crippen LogP contribution in [0, 0.1) is 17.8 Å². The number of carboxylic acid groups (broad SMARTS) is 1. The van der Waals surface area contributed by atoms with Crippen molar-refractivity contribution in [2.45, 2.75) is 58.0 Å². The van der Waals surface area contributed by atoms with E-state index < -0.39 is 16.6 Å². The molecule has 0 radical (unpaired) electrons. The maximum Gasteiger partial charge on any atom is 0.304 e. The molecule has 0 bridgehead atoms. The van der Waals surface area contributed by atoms with Crippen LogP contribution in [0.4, 0.5) is 0 Å². The predicted octanol–water partition coefficient (Wildman–Crippen LogP) is 6.94. The van der Waals surface area contributed by atoms with Gasteiger partial charge < -0.3 is 14.6 Å². The highest BCUT2D eigenvalue weighted by molar-refractivity contribution is 8.24. The summed E-state index contributed by atoms with van der Waals surface area (Å²) in [5.74, 6) is 7.19. The van der Waals surface area contributed by atoms with Crippen LogP contribution in [-0.4, -0.2) is 43.3 Å². The van der Waals surface area contributed by atoms with Crippen molar-refractivity contribution in [2.75, 3.05) is 18.1 Å². The van der Waals surface area contributed by atoms with Crippen LogP contribution in [-0.2, 0) is 24.2 Å². The Labute approximate surface area is 243 Å². The fourth-order valence-electron chi connectivity index (χ4n) is 5.52. The molecule has 1 aromatic heterocycles. The molecular formula is C33H37NO6S. The van der Waals surface area contributed by atoms with E-state index in [1.807, 2.05) is 30.3 Å². The van der Waals surface area contributed by atoms with Crippen molar-refractivity contribution in [3.63, 3.8) is 0 Å². The monoisotopic (exact) mass is 575 g/mol. The molecule has 1 aliphatic heterocycles. The molecule has 3 aromatic rings. The molecular weight excluding hydrogens is 538 g/mol. The van der Waals surface area contributed by atoms with Gasteiger partial charge in [-0.05, 0) is 91.5 Å². The molecule has 1 atom stereocenters. The second-order valence-electron chi connectivity index (χ2n) is 10.9. The van der Waals surface area contributed by atoms with Gasteiger partial charge in [-0.3, -0.25) is 13.9 Å². The second-order valence-corrected chi connectivity index (χ2v) is 13.3. The average Bonchev–Trinajstić information content (AvgIpc) is 3.14. The number of hydrogen-bond donors (Lipinski definition) is 3. The maximum atomic E-state index is 11.2. The summed E-state index contributed by atoms with van der Waals surface area (Å²) < 4.78 is 31.8. The lowest BCUT2D eigenvalue weighted by Gasteiger charge is -2.38. The summed E-state index contributed by atoms with van der Waals surface area (Å²) in [4.78, 5) is 16.1. The minimum Gasteiger partial charge on any atom is -0.489 e. The van der Waals surface area contributed by atoms with Crippen LogP contribution in [0.1, 0.15) is 60.9 Å². The predicted molar refractivity (Wildman–Crippen MR) is 162 cm³/mol. The number of aromatic nitrogens is 1. The molecule has 5 rings (SSSR count). The first-order valence-corrected chi connectivity index (χ1v) is 16.0. The summed E-state index contributed by atoms with van der Waals surface area (Å²) in [6.45, 7) is 2.68. The van der Waals surface area contributed by atoms with E-state index in [0.29, 0.717) is 42.3 Å². The largest absolute Gasteiger partial charge is 0.489 e. The zero-order valence-electron chi connectivity index (χ0n) is 23.3. The standard InChI is InChI=1S/C33H37NO6S/c1-2-4-27(20-33(35)36)25-9-11-28(12-10-25)39-22-24-7-8-26-5-3-6-31-29(30(26)19-24)13-14-32(34-31)40-21-23-15-17-41(37,38)18-16-23/h7-14,19,23,27,37-38H,3,5-6,15-18,20-22H2,1H3,(H,35,36)/t27-/m0/s1. The normalized spacial score (nSPS) is 17.5.